The highest BCUT2D eigenvalue weighted by molar-refractivity contribution is 5.96. The summed E-state index contributed by atoms with van der Waals surface area (Å²) in [5, 5.41) is 9.86. The van der Waals surface area contributed by atoms with Crippen LogP contribution in [0.3, 0.4) is 0 Å². The first-order valence-electron chi connectivity index (χ1n) is 10.9. The molecule has 0 bridgehead atoms. The molecule has 1 aliphatic heterocycles. The van der Waals surface area contributed by atoms with Crippen LogP contribution >= 0.6 is 0 Å². The summed E-state index contributed by atoms with van der Waals surface area (Å²) in [6, 6.07) is 25.8. The number of hydrogen-bond donors (Lipinski definition) is 1. The number of piperidine rings is 1. The van der Waals surface area contributed by atoms with E-state index in [1.165, 1.54) is 0 Å². The van der Waals surface area contributed by atoms with E-state index in [1.54, 1.807) is 0 Å². The molecule has 5 rings (SSSR count). The molecule has 1 fully saturated rings. The number of carbonyl (C=O) groups excluding carboxylic acids is 1. The van der Waals surface area contributed by atoms with Crippen molar-refractivity contribution in [2.75, 3.05) is 13.1 Å². The van der Waals surface area contributed by atoms with E-state index in [4.69, 9.17) is 0 Å². The van der Waals surface area contributed by atoms with Gasteiger partial charge in [-0.25, -0.2) is 0 Å². The molecule has 0 spiro atoms. The van der Waals surface area contributed by atoms with Crippen molar-refractivity contribution in [1.82, 2.24) is 4.90 Å². The van der Waals surface area contributed by atoms with E-state index in [2.05, 4.69) is 24.3 Å². The zero-order chi connectivity index (χ0) is 21.4. The molecule has 0 saturated carbocycles. The topological polar surface area (TPSA) is 57.6 Å². The van der Waals surface area contributed by atoms with E-state index in [0.717, 1.165) is 27.8 Å². The van der Waals surface area contributed by atoms with Gasteiger partial charge in [-0.3, -0.25) is 9.59 Å². The van der Waals surface area contributed by atoms with Gasteiger partial charge in [0.25, 0.3) is 0 Å². The van der Waals surface area contributed by atoms with Gasteiger partial charge in [0.1, 0.15) is 0 Å². The number of nitrogens with zero attached hydrogens (tertiary/aromatic N) is 1. The van der Waals surface area contributed by atoms with E-state index >= 15 is 0 Å². The van der Waals surface area contributed by atoms with Gasteiger partial charge in [0.2, 0.25) is 5.91 Å². The van der Waals surface area contributed by atoms with Crippen molar-refractivity contribution in [1.29, 1.82) is 0 Å². The molecule has 1 N–H and O–H groups in total. The van der Waals surface area contributed by atoms with Crippen molar-refractivity contribution < 1.29 is 14.7 Å². The molecule has 31 heavy (non-hydrogen) atoms. The number of carboxylic acids is 1. The Hall–Kier alpha value is -3.40. The maximum absolute atomic E-state index is 13.6. The average molecular weight is 412 g/mol. The zero-order valence-electron chi connectivity index (χ0n) is 17.3. The molecule has 4 nitrogen and oxygen atoms in total. The third kappa shape index (κ3) is 3.42. The molecule has 2 aliphatic rings. The van der Waals surface area contributed by atoms with Crippen LogP contribution in [-0.2, 0) is 9.59 Å². The Bertz CT molecular complexity index is 1070. The smallest absolute Gasteiger partial charge is 0.311 e. The normalized spacial score (nSPS) is 17.1. The summed E-state index contributed by atoms with van der Waals surface area (Å²) in [6.07, 6.45) is 1.40. The minimum atomic E-state index is -0.783. The summed E-state index contributed by atoms with van der Waals surface area (Å²) in [5.41, 5.74) is 5.27. The number of likely N-dealkylation sites (tertiary alicyclic amines) is 1. The van der Waals surface area contributed by atoms with Crippen LogP contribution in [0.2, 0.25) is 0 Å². The largest absolute Gasteiger partial charge is 0.481 e. The molecule has 1 saturated heterocycles. The standard InChI is InChI=1S/C27H25NO3/c29-26(25-22-12-6-4-10-20(22)21-11-5-7-13-23(21)25)28-16-14-19(15-17-28)24(27(30)31)18-8-2-1-3-9-18/h1-13,19,24-25H,14-17H2,(H,30,31). The molecule has 4 heteroatoms. The van der Waals surface area contributed by atoms with Crippen LogP contribution in [-0.4, -0.2) is 35.0 Å². The predicted molar refractivity (Wildman–Crippen MR) is 120 cm³/mol. The molecular weight excluding hydrogens is 386 g/mol. The van der Waals surface area contributed by atoms with Gasteiger partial charge in [-0.1, -0.05) is 78.9 Å². The summed E-state index contributed by atoms with van der Waals surface area (Å²) in [5.74, 6) is -1.41. The Kier molecular flexibility index (Phi) is 5.06. The van der Waals surface area contributed by atoms with Crippen molar-refractivity contribution in [2.45, 2.75) is 24.7 Å². The van der Waals surface area contributed by atoms with Crippen molar-refractivity contribution >= 4 is 11.9 Å². The van der Waals surface area contributed by atoms with Crippen LogP contribution < -0.4 is 0 Å². The van der Waals surface area contributed by atoms with Gasteiger partial charge < -0.3 is 10.0 Å². The van der Waals surface area contributed by atoms with E-state index in [-0.39, 0.29) is 17.7 Å². The Balaban J connectivity index is 1.36. The minimum Gasteiger partial charge on any atom is -0.481 e. The average Bonchev–Trinajstić information content (AvgIpc) is 3.14. The number of amides is 1. The lowest BCUT2D eigenvalue weighted by Crippen LogP contribution is -2.42. The Morgan fingerprint density at radius 3 is 1.84 bits per heavy atom. The Labute approximate surface area is 182 Å². The van der Waals surface area contributed by atoms with Gasteiger partial charge in [0.15, 0.2) is 0 Å². The summed E-state index contributed by atoms with van der Waals surface area (Å²) in [4.78, 5) is 27.6. The van der Waals surface area contributed by atoms with E-state index in [9.17, 15) is 14.7 Å². The van der Waals surface area contributed by atoms with Crippen LogP contribution in [0.5, 0.6) is 0 Å². The quantitative estimate of drug-likeness (QED) is 0.664. The fourth-order valence-corrected chi connectivity index (χ4v) is 5.33. The summed E-state index contributed by atoms with van der Waals surface area (Å²) < 4.78 is 0. The molecule has 1 heterocycles. The van der Waals surface area contributed by atoms with Gasteiger partial charge >= 0.3 is 5.97 Å². The van der Waals surface area contributed by atoms with Crippen LogP contribution in [0.1, 0.15) is 41.4 Å². The molecule has 1 amide bonds. The van der Waals surface area contributed by atoms with E-state index in [0.29, 0.717) is 25.9 Å². The highest BCUT2D eigenvalue weighted by Crippen LogP contribution is 2.46. The number of hydrogen-bond acceptors (Lipinski definition) is 2. The lowest BCUT2D eigenvalue weighted by atomic mass is 9.79. The van der Waals surface area contributed by atoms with Crippen LogP contribution in [0.4, 0.5) is 0 Å². The number of rotatable bonds is 4. The monoisotopic (exact) mass is 411 g/mol. The van der Waals surface area contributed by atoms with E-state index in [1.807, 2.05) is 59.5 Å². The van der Waals surface area contributed by atoms with E-state index < -0.39 is 11.9 Å². The molecule has 0 aromatic heterocycles. The summed E-state index contributed by atoms with van der Waals surface area (Å²) in [6.45, 7) is 1.20. The maximum atomic E-state index is 13.6. The Morgan fingerprint density at radius 2 is 1.29 bits per heavy atom. The first-order chi connectivity index (χ1) is 15.1. The molecule has 1 atom stereocenters. The number of fused-ring (bicyclic) bond motifs is 3. The van der Waals surface area contributed by atoms with Crippen molar-refractivity contribution in [3.63, 3.8) is 0 Å². The van der Waals surface area contributed by atoms with Gasteiger partial charge in [0, 0.05) is 13.1 Å². The molecular formula is C27H25NO3. The minimum absolute atomic E-state index is 0.0344. The second kappa shape index (κ2) is 8.03. The predicted octanol–water partition coefficient (Wildman–Crippen LogP) is 4.91. The highest BCUT2D eigenvalue weighted by atomic mass is 16.4. The van der Waals surface area contributed by atoms with Gasteiger partial charge in [-0.15, -0.1) is 0 Å². The van der Waals surface area contributed by atoms with Crippen molar-refractivity contribution in [3.8, 4) is 11.1 Å². The molecule has 156 valence electrons. The highest BCUT2D eigenvalue weighted by Gasteiger charge is 2.39. The van der Waals surface area contributed by atoms with Gasteiger partial charge in [-0.2, -0.15) is 0 Å². The first kappa shape index (κ1) is 19.6. The first-order valence-corrected chi connectivity index (χ1v) is 10.9. The lowest BCUT2D eigenvalue weighted by Gasteiger charge is -2.36. The molecule has 3 aromatic rings. The molecule has 1 aliphatic carbocycles. The van der Waals surface area contributed by atoms with Gasteiger partial charge in [0.05, 0.1) is 11.8 Å². The van der Waals surface area contributed by atoms with Crippen LogP contribution in [0.15, 0.2) is 78.9 Å². The van der Waals surface area contributed by atoms with Gasteiger partial charge in [-0.05, 0) is 46.6 Å². The molecule has 3 aromatic carbocycles. The molecule has 1 unspecified atom stereocenters. The molecule has 0 radical (unpaired) electrons. The fraction of sp³-hybridized carbons (Fsp3) is 0.259. The number of carboxylic acid groups (broad SMARTS) is 1. The summed E-state index contributed by atoms with van der Waals surface area (Å²) in [7, 11) is 0. The van der Waals surface area contributed by atoms with Crippen molar-refractivity contribution in [2.24, 2.45) is 5.92 Å². The fourth-order valence-electron chi connectivity index (χ4n) is 5.33. The lowest BCUT2D eigenvalue weighted by molar-refractivity contribution is -0.141. The SMILES string of the molecule is O=C(O)C(c1ccccc1)C1CCN(C(=O)C2c3ccccc3-c3ccccc32)CC1. The summed E-state index contributed by atoms with van der Waals surface area (Å²) >= 11 is 0. The Morgan fingerprint density at radius 1 is 0.774 bits per heavy atom. The second-order valence-electron chi connectivity index (χ2n) is 8.50. The zero-order valence-corrected chi connectivity index (χ0v) is 17.3. The number of carbonyl (C=O) groups is 2. The van der Waals surface area contributed by atoms with Crippen molar-refractivity contribution in [3.05, 3.63) is 95.6 Å². The van der Waals surface area contributed by atoms with Crippen LogP contribution in [0.25, 0.3) is 11.1 Å². The third-order valence-corrected chi connectivity index (χ3v) is 6.83. The maximum Gasteiger partial charge on any atom is 0.311 e. The number of benzene rings is 3. The third-order valence-electron chi connectivity index (χ3n) is 6.83. The van der Waals surface area contributed by atoms with Crippen LogP contribution in [0, 0.1) is 5.92 Å². The second-order valence-corrected chi connectivity index (χ2v) is 8.50. The number of aliphatic carboxylic acids is 1.